The molecule has 1 aliphatic rings. The highest BCUT2D eigenvalue weighted by molar-refractivity contribution is 7.80. The molecule has 1 N–H and O–H groups in total. The molecule has 3 aromatic heterocycles. The highest BCUT2D eigenvalue weighted by Gasteiger charge is 2.42. The number of anilines is 1. The second-order valence-electron chi connectivity index (χ2n) is 8.42. The Hall–Kier alpha value is -3.45. The lowest BCUT2D eigenvalue weighted by Gasteiger charge is -2.28. The molecule has 0 amide bonds. The van der Waals surface area contributed by atoms with E-state index in [4.69, 9.17) is 16.6 Å². The van der Waals surface area contributed by atoms with Gasteiger partial charge in [0.25, 0.3) is 0 Å². The highest BCUT2D eigenvalue weighted by Crippen LogP contribution is 2.43. The minimum Gasteiger partial charge on any atom is -0.467 e. The van der Waals surface area contributed by atoms with Crippen LogP contribution in [0.1, 0.15) is 46.1 Å². The van der Waals surface area contributed by atoms with Gasteiger partial charge in [0.1, 0.15) is 11.6 Å². The first-order valence-electron chi connectivity index (χ1n) is 10.9. The Morgan fingerprint density at radius 2 is 1.94 bits per heavy atom. The number of nitrogens with one attached hydrogen (secondary N) is 1. The molecule has 0 unspecified atom stereocenters. The first kappa shape index (κ1) is 21.4. The smallest absolute Gasteiger partial charge is 0.174 e. The number of aromatic nitrogens is 2. The average molecular weight is 461 g/mol. The van der Waals surface area contributed by atoms with Crippen LogP contribution in [-0.4, -0.2) is 14.7 Å². The topological polar surface area (TPSA) is 46.2 Å². The molecule has 1 aromatic carbocycles. The fourth-order valence-corrected chi connectivity index (χ4v) is 5.00. The number of nitrogens with zero attached hydrogens (tertiary/aromatic N) is 3. The van der Waals surface area contributed by atoms with E-state index in [0.29, 0.717) is 17.2 Å². The Bertz CT molecular complexity index is 1300. The highest BCUT2D eigenvalue weighted by atomic mass is 32.1. The van der Waals surface area contributed by atoms with Crippen molar-refractivity contribution in [2.24, 2.45) is 0 Å². The van der Waals surface area contributed by atoms with Crippen LogP contribution in [0, 0.1) is 26.6 Å². The first-order chi connectivity index (χ1) is 15.9. The van der Waals surface area contributed by atoms with Gasteiger partial charge in [0.05, 0.1) is 30.6 Å². The van der Waals surface area contributed by atoms with Crippen LogP contribution in [0.2, 0.25) is 0 Å². The lowest BCUT2D eigenvalue weighted by molar-refractivity contribution is 0.488. The molecule has 4 aromatic rings. The van der Waals surface area contributed by atoms with E-state index in [9.17, 15) is 4.39 Å². The van der Waals surface area contributed by atoms with E-state index in [1.165, 1.54) is 6.07 Å². The minimum atomic E-state index is -0.230. The van der Waals surface area contributed by atoms with Gasteiger partial charge < -0.3 is 19.2 Å². The van der Waals surface area contributed by atoms with Gasteiger partial charge in [-0.25, -0.2) is 4.39 Å². The Kier molecular flexibility index (Phi) is 5.50. The maximum absolute atomic E-state index is 14.1. The Morgan fingerprint density at radius 3 is 2.64 bits per heavy atom. The van der Waals surface area contributed by atoms with Crippen LogP contribution in [0.25, 0.3) is 0 Å². The van der Waals surface area contributed by atoms with Crippen molar-refractivity contribution in [3.8, 4) is 0 Å². The van der Waals surface area contributed by atoms with Crippen LogP contribution < -0.4 is 10.2 Å². The second kappa shape index (κ2) is 8.48. The van der Waals surface area contributed by atoms with Crippen molar-refractivity contribution in [1.82, 2.24) is 14.9 Å². The molecule has 5 rings (SSSR count). The zero-order valence-corrected chi connectivity index (χ0v) is 19.6. The maximum Gasteiger partial charge on any atom is 0.174 e. The lowest BCUT2D eigenvalue weighted by Crippen LogP contribution is -2.29. The summed E-state index contributed by atoms with van der Waals surface area (Å²) < 4.78 is 21.9. The molecule has 1 fully saturated rings. The molecule has 0 saturated carbocycles. The molecule has 1 saturated heterocycles. The SMILES string of the molecule is Cc1cc(N2C(=S)N[C@H](c3ccccn3)[C@@H]2c2cc(C)n(Cc3ccco3)c2C)ccc1F. The third-order valence-electron chi connectivity index (χ3n) is 6.34. The molecule has 0 spiro atoms. The summed E-state index contributed by atoms with van der Waals surface area (Å²) in [6.45, 7) is 6.64. The molecule has 0 aliphatic carbocycles. The fourth-order valence-electron chi connectivity index (χ4n) is 4.66. The molecule has 0 bridgehead atoms. The molecular formula is C26H25FN4OS. The molecule has 33 heavy (non-hydrogen) atoms. The predicted octanol–water partition coefficient (Wildman–Crippen LogP) is 5.77. The lowest BCUT2D eigenvalue weighted by atomic mass is 9.96. The van der Waals surface area contributed by atoms with Crippen LogP contribution in [0.15, 0.2) is 71.5 Å². The Labute approximate surface area is 197 Å². The summed E-state index contributed by atoms with van der Waals surface area (Å²) in [5.74, 6) is 0.669. The standard InChI is InChI=1S/C26H25FN4OS/c1-16-13-19(9-10-22(16)27)31-25(24(29-26(31)33)23-8-4-5-11-28-23)21-14-17(2)30(18(21)3)15-20-7-6-12-32-20/h4-14,24-25H,15H2,1-3H3,(H,29,33)/t24-,25+/m1/s1. The number of hydrogen-bond acceptors (Lipinski definition) is 3. The molecule has 2 atom stereocenters. The molecule has 4 heterocycles. The summed E-state index contributed by atoms with van der Waals surface area (Å²) in [4.78, 5) is 6.70. The van der Waals surface area contributed by atoms with Crippen molar-refractivity contribution in [3.05, 3.63) is 107 Å². The van der Waals surface area contributed by atoms with E-state index < -0.39 is 0 Å². The zero-order valence-electron chi connectivity index (χ0n) is 18.7. The summed E-state index contributed by atoms with van der Waals surface area (Å²) in [6.07, 6.45) is 3.49. The third-order valence-corrected chi connectivity index (χ3v) is 6.66. The van der Waals surface area contributed by atoms with Crippen LogP contribution in [0.4, 0.5) is 10.1 Å². The van der Waals surface area contributed by atoms with Gasteiger partial charge in [-0.15, -0.1) is 0 Å². The van der Waals surface area contributed by atoms with Gasteiger partial charge in [-0.3, -0.25) is 4.98 Å². The van der Waals surface area contributed by atoms with Crippen LogP contribution in [0.5, 0.6) is 0 Å². The quantitative estimate of drug-likeness (QED) is 0.383. The van der Waals surface area contributed by atoms with Gasteiger partial charge in [-0.2, -0.15) is 0 Å². The first-order valence-corrected chi connectivity index (χ1v) is 11.3. The molecule has 5 nitrogen and oxygen atoms in total. The van der Waals surface area contributed by atoms with Gasteiger partial charge in [-0.1, -0.05) is 6.07 Å². The van der Waals surface area contributed by atoms with Gasteiger partial charge in [-0.05, 0) is 92.6 Å². The molecule has 1 aliphatic heterocycles. The summed E-state index contributed by atoms with van der Waals surface area (Å²) in [5.41, 5.74) is 5.74. The Balaban J connectivity index is 1.64. The van der Waals surface area contributed by atoms with Crippen molar-refractivity contribution in [2.45, 2.75) is 39.4 Å². The van der Waals surface area contributed by atoms with Crippen molar-refractivity contribution in [2.75, 3.05) is 4.90 Å². The number of pyridine rings is 1. The van der Waals surface area contributed by atoms with Gasteiger partial charge >= 0.3 is 0 Å². The molecular weight excluding hydrogens is 435 g/mol. The van der Waals surface area contributed by atoms with E-state index in [1.54, 1.807) is 25.5 Å². The normalized spacial score (nSPS) is 18.1. The van der Waals surface area contributed by atoms with Crippen LogP contribution in [-0.2, 0) is 6.54 Å². The van der Waals surface area contributed by atoms with Crippen molar-refractivity contribution >= 4 is 23.0 Å². The van der Waals surface area contributed by atoms with Crippen molar-refractivity contribution in [1.29, 1.82) is 0 Å². The summed E-state index contributed by atoms with van der Waals surface area (Å²) in [6, 6.07) is 16.8. The largest absolute Gasteiger partial charge is 0.467 e. The number of benzene rings is 1. The summed E-state index contributed by atoms with van der Waals surface area (Å²) in [5, 5.41) is 4.07. The fraction of sp³-hybridized carbons (Fsp3) is 0.231. The van der Waals surface area contributed by atoms with Gasteiger partial charge in [0, 0.05) is 23.3 Å². The van der Waals surface area contributed by atoms with Crippen molar-refractivity contribution < 1.29 is 8.81 Å². The van der Waals surface area contributed by atoms with E-state index in [1.807, 2.05) is 36.4 Å². The molecule has 0 radical (unpaired) electrons. The van der Waals surface area contributed by atoms with Gasteiger partial charge in [0.15, 0.2) is 5.11 Å². The van der Waals surface area contributed by atoms with E-state index in [-0.39, 0.29) is 17.9 Å². The molecule has 7 heteroatoms. The van der Waals surface area contributed by atoms with Crippen LogP contribution >= 0.6 is 12.2 Å². The number of thiocarbonyl (C=S) groups is 1. The monoisotopic (exact) mass is 460 g/mol. The van der Waals surface area contributed by atoms with Crippen molar-refractivity contribution in [3.63, 3.8) is 0 Å². The van der Waals surface area contributed by atoms with E-state index in [2.05, 4.69) is 39.7 Å². The average Bonchev–Trinajstić information content (AvgIpc) is 3.51. The second-order valence-corrected chi connectivity index (χ2v) is 8.81. The summed E-state index contributed by atoms with van der Waals surface area (Å²) in [7, 11) is 0. The van der Waals surface area contributed by atoms with Crippen LogP contribution in [0.3, 0.4) is 0 Å². The summed E-state index contributed by atoms with van der Waals surface area (Å²) >= 11 is 5.80. The number of furan rings is 1. The molecule has 168 valence electrons. The number of halogens is 1. The number of rotatable bonds is 5. The minimum absolute atomic E-state index is 0.145. The van der Waals surface area contributed by atoms with Gasteiger partial charge in [0.2, 0.25) is 0 Å². The predicted molar refractivity (Wildman–Crippen MR) is 131 cm³/mol. The Morgan fingerprint density at radius 1 is 1.09 bits per heavy atom. The maximum atomic E-state index is 14.1. The number of hydrogen-bond donors (Lipinski definition) is 1. The van der Waals surface area contributed by atoms with E-state index in [0.717, 1.165) is 34.1 Å². The third kappa shape index (κ3) is 3.82. The zero-order chi connectivity index (χ0) is 23.1. The number of aryl methyl sites for hydroxylation is 2. The van der Waals surface area contributed by atoms with E-state index >= 15 is 0 Å².